The summed E-state index contributed by atoms with van der Waals surface area (Å²) in [5.74, 6) is 0.101. The lowest BCUT2D eigenvalue weighted by Crippen LogP contribution is -2.18. The second-order valence-corrected chi connectivity index (χ2v) is 5.15. The minimum Gasteiger partial charge on any atom is -0.489 e. The van der Waals surface area contributed by atoms with Gasteiger partial charge in [-0.25, -0.2) is 9.97 Å². The van der Waals surface area contributed by atoms with E-state index in [0.717, 1.165) is 0 Å². The van der Waals surface area contributed by atoms with E-state index in [1.54, 1.807) is 24.3 Å². The van der Waals surface area contributed by atoms with Crippen LogP contribution in [0, 0.1) is 6.92 Å². The molecule has 0 aliphatic rings. The van der Waals surface area contributed by atoms with Gasteiger partial charge in [-0.2, -0.15) is 0 Å². The van der Waals surface area contributed by atoms with Crippen molar-refractivity contribution in [2.45, 2.75) is 0 Å². The molecule has 1 aromatic carbocycles. The summed E-state index contributed by atoms with van der Waals surface area (Å²) in [5, 5.41) is 2.72. The van der Waals surface area contributed by atoms with Gasteiger partial charge in [0.05, 0.1) is 18.5 Å². The molecule has 0 fully saturated rings. The number of nitrogen functional groups attached to an aromatic ring is 1. The molecule has 0 atom stereocenters. The molecule has 23 heavy (non-hydrogen) atoms. The van der Waals surface area contributed by atoms with E-state index in [-0.39, 0.29) is 11.5 Å². The molecular formula is C15H16BrN4O3. The lowest BCUT2D eigenvalue weighted by molar-refractivity contribution is 0.102. The van der Waals surface area contributed by atoms with E-state index in [1.807, 2.05) is 0 Å². The van der Waals surface area contributed by atoms with Crippen LogP contribution in [0.2, 0.25) is 0 Å². The summed E-state index contributed by atoms with van der Waals surface area (Å²) in [5.41, 5.74) is 6.23. The maximum absolute atomic E-state index is 12.3. The number of para-hydroxylation sites is 2. The van der Waals surface area contributed by atoms with E-state index in [9.17, 15) is 4.79 Å². The summed E-state index contributed by atoms with van der Waals surface area (Å²) in [6, 6.07) is 7.05. The van der Waals surface area contributed by atoms with Crippen molar-refractivity contribution in [1.82, 2.24) is 9.97 Å². The van der Waals surface area contributed by atoms with Crippen LogP contribution in [0.25, 0.3) is 0 Å². The van der Waals surface area contributed by atoms with Crippen LogP contribution in [0.1, 0.15) is 10.5 Å². The topological polar surface area (TPSA) is 99.4 Å². The van der Waals surface area contributed by atoms with Crippen LogP contribution in [0.3, 0.4) is 0 Å². The Kier molecular flexibility index (Phi) is 6.30. The van der Waals surface area contributed by atoms with Gasteiger partial charge in [-0.05, 0) is 35.0 Å². The number of nitrogens with two attached hydrogens (primary N) is 1. The highest BCUT2D eigenvalue weighted by Crippen LogP contribution is 2.24. The molecule has 0 saturated heterocycles. The lowest BCUT2D eigenvalue weighted by atomic mass is 10.2. The Balaban J connectivity index is 2.10. The van der Waals surface area contributed by atoms with E-state index in [0.29, 0.717) is 35.9 Å². The highest BCUT2D eigenvalue weighted by molar-refractivity contribution is 9.10. The van der Waals surface area contributed by atoms with Crippen LogP contribution in [0.4, 0.5) is 11.5 Å². The van der Waals surface area contributed by atoms with Gasteiger partial charge >= 0.3 is 0 Å². The van der Waals surface area contributed by atoms with Crippen LogP contribution in [-0.2, 0) is 4.74 Å². The fourth-order valence-corrected chi connectivity index (χ4v) is 2.01. The van der Waals surface area contributed by atoms with Crippen molar-refractivity contribution in [3.05, 3.63) is 47.7 Å². The van der Waals surface area contributed by atoms with Crippen molar-refractivity contribution < 1.29 is 14.3 Å². The highest BCUT2D eigenvalue weighted by atomic mass is 79.9. The molecule has 0 aliphatic heterocycles. The third-order valence-corrected chi connectivity index (χ3v) is 3.13. The number of hydrogen-bond acceptors (Lipinski definition) is 6. The molecule has 0 unspecified atom stereocenters. The lowest BCUT2D eigenvalue weighted by Gasteiger charge is -2.12. The maximum Gasteiger partial charge on any atom is 0.278 e. The van der Waals surface area contributed by atoms with Gasteiger partial charge < -0.3 is 20.5 Å². The number of nitrogens with one attached hydrogen (secondary N) is 1. The third-order valence-electron chi connectivity index (χ3n) is 2.75. The van der Waals surface area contributed by atoms with Crippen LogP contribution in [-0.4, -0.2) is 35.7 Å². The largest absolute Gasteiger partial charge is 0.489 e. The van der Waals surface area contributed by atoms with Gasteiger partial charge in [-0.3, -0.25) is 4.79 Å². The summed E-state index contributed by atoms with van der Waals surface area (Å²) in [6.45, 7) is 4.71. The summed E-state index contributed by atoms with van der Waals surface area (Å²) in [7, 11) is 0. The molecule has 121 valence electrons. The van der Waals surface area contributed by atoms with Crippen LogP contribution >= 0.6 is 15.9 Å². The Morgan fingerprint density at radius 2 is 2.13 bits per heavy atom. The number of hydrogen-bond donors (Lipinski definition) is 2. The fraction of sp³-hybridized carbons (Fsp3) is 0.200. The van der Waals surface area contributed by atoms with Gasteiger partial charge in [-0.1, -0.05) is 12.1 Å². The van der Waals surface area contributed by atoms with E-state index >= 15 is 0 Å². The first-order chi connectivity index (χ1) is 11.1. The first-order valence-corrected chi connectivity index (χ1v) is 7.59. The van der Waals surface area contributed by atoms with Crippen molar-refractivity contribution in [3.63, 3.8) is 0 Å². The van der Waals surface area contributed by atoms with E-state index in [2.05, 4.69) is 38.1 Å². The van der Waals surface area contributed by atoms with Gasteiger partial charge in [0, 0.05) is 6.61 Å². The van der Waals surface area contributed by atoms with Gasteiger partial charge in [0.25, 0.3) is 5.91 Å². The van der Waals surface area contributed by atoms with E-state index < -0.39 is 5.91 Å². The number of carbonyl (C=O) groups is 1. The van der Waals surface area contributed by atoms with Crippen LogP contribution in [0.5, 0.6) is 5.75 Å². The van der Waals surface area contributed by atoms with Crippen molar-refractivity contribution in [2.75, 3.05) is 30.9 Å². The SMILES string of the molecule is [CH2]COCCOc1ccccc1NC(=O)c1nc(Br)cnc1N. The molecule has 0 aliphatic carbocycles. The van der Waals surface area contributed by atoms with Gasteiger partial charge in [0.2, 0.25) is 0 Å². The quantitative estimate of drug-likeness (QED) is 0.716. The molecule has 8 heteroatoms. The summed E-state index contributed by atoms with van der Waals surface area (Å²) in [6.07, 6.45) is 1.42. The number of rotatable bonds is 7. The molecule has 3 N–H and O–H groups in total. The third kappa shape index (κ3) is 4.90. The molecule has 1 amide bonds. The average Bonchev–Trinajstić information content (AvgIpc) is 2.55. The second kappa shape index (κ2) is 8.44. The Morgan fingerprint density at radius 1 is 1.35 bits per heavy atom. The zero-order chi connectivity index (χ0) is 16.7. The number of benzene rings is 1. The van der Waals surface area contributed by atoms with Crippen molar-refractivity contribution in [1.29, 1.82) is 0 Å². The molecule has 0 spiro atoms. The Hall–Kier alpha value is -2.19. The number of aromatic nitrogens is 2. The van der Waals surface area contributed by atoms with Gasteiger partial charge in [0.15, 0.2) is 11.5 Å². The fourth-order valence-electron chi connectivity index (χ4n) is 1.73. The number of halogens is 1. The van der Waals surface area contributed by atoms with Crippen molar-refractivity contribution in [3.8, 4) is 5.75 Å². The normalized spacial score (nSPS) is 10.3. The Morgan fingerprint density at radius 3 is 2.91 bits per heavy atom. The minimum absolute atomic E-state index is 0.0366. The minimum atomic E-state index is -0.471. The molecule has 2 aromatic rings. The number of nitrogens with zero attached hydrogens (tertiary/aromatic N) is 2. The molecule has 0 saturated carbocycles. The summed E-state index contributed by atoms with van der Waals surface area (Å²) in [4.78, 5) is 20.2. The number of anilines is 2. The second-order valence-electron chi connectivity index (χ2n) is 4.34. The predicted octanol–water partition coefficient (Wildman–Crippen LogP) is 2.30. The van der Waals surface area contributed by atoms with Crippen molar-refractivity contribution >= 4 is 33.3 Å². The standard InChI is InChI=1S/C15H16BrN4O3/c1-2-22-7-8-23-11-6-4-3-5-10(11)19-15(21)13-14(17)18-9-12(16)20-13/h3-6,9H,1-2,7-8H2,(H2,17,18)(H,19,21). The van der Waals surface area contributed by atoms with Crippen LogP contribution in [0.15, 0.2) is 35.1 Å². The Labute approximate surface area is 142 Å². The molecule has 0 bridgehead atoms. The Bertz CT molecular complexity index is 682. The summed E-state index contributed by atoms with van der Waals surface area (Å²) >= 11 is 3.16. The van der Waals surface area contributed by atoms with Crippen molar-refractivity contribution in [2.24, 2.45) is 0 Å². The number of amides is 1. The zero-order valence-corrected chi connectivity index (χ0v) is 13.9. The van der Waals surface area contributed by atoms with E-state index in [1.165, 1.54) is 6.20 Å². The van der Waals surface area contributed by atoms with Gasteiger partial charge in [0.1, 0.15) is 17.0 Å². The predicted molar refractivity (Wildman–Crippen MR) is 90.2 cm³/mol. The maximum atomic E-state index is 12.3. The highest BCUT2D eigenvalue weighted by Gasteiger charge is 2.15. The molecule has 1 radical (unpaired) electrons. The summed E-state index contributed by atoms with van der Waals surface area (Å²) < 4.78 is 11.1. The molecule has 1 aromatic heterocycles. The van der Waals surface area contributed by atoms with Crippen LogP contribution < -0.4 is 15.8 Å². The first kappa shape index (κ1) is 17.2. The number of ether oxygens (including phenoxy) is 2. The molecule has 1 heterocycles. The monoisotopic (exact) mass is 379 g/mol. The van der Waals surface area contributed by atoms with E-state index in [4.69, 9.17) is 15.2 Å². The first-order valence-electron chi connectivity index (χ1n) is 6.80. The van der Waals surface area contributed by atoms with Gasteiger partial charge in [-0.15, -0.1) is 0 Å². The number of carbonyl (C=O) groups excluding carboxylic acids is 1. The molecule has 2 rings (SSSR count). The molecule has 7 nitrogen and oxygen atoms in total. The average molecular weight is 380 g/mol. The zero-order valence-electron chi connectivity index (χ0n) is 12.3. The molecular weight excluding hydrogens is 364 g/mol. The smallest absolute Gasteiger partial charge is 0.278 e.